The van der Waals surface area contributed by atoms with Crippen LogP contribution in [0, 0.1) is 3.57 Å². The van der Waals surface area contributed by atoms with Gasteiger partial charge in [-0.3, -0.25) is 4.79 Å². The van der Waals surface area contributed by atoms with Crippen molar-refractivity contribution in [3.05, 3.63) is 21.5 Å². The van der Waals surface area contributed by atoms with E-state index >= 15 is 0 Å². The maximum atomic E-state index is 11.8. The third-order valence-electron chi connectivity index (χ3n) is 3.59. The van der Waals surface area contributed by atoms with E-state index in [4.69, 9.17) is 0 Å². The van der Waals surface area contributed by atoms with Gasteiger partial charge in [-0.1, -0.05) is 25.7 Å². The van der Waals surface area contributed by atoms with Crippen molar-refractivity contribution in [2.45, 2.75) is 44.6 Å². The molecule has 1 amide bonds. The number of rotatable bonds is 5. The van der Waals surface area contributed by atoms with Gasteiger partial charge in [0.2, 0.25) is 0 Å². The molecular weight excluding hydrogens is 389 g/mol. The number of halogens is 2. The van der Waals surface area contributed by atoms with Crippen LogP contribution in [0.2, 0.25) is 0 Å². The van der Waals surface area contributed by atoms with Crippen LogP contribution >= 0.6 is 35.0 Å². The summed E-state index contributed by atoms with van der Waals surface area (Å²) in [5.41, 5.74) is 0.638. The van der Waals surface area contributed by atoms with Crippen LogP contribution in [0.5, 0.6) is 0 Å². The second kappa shape index (κ2) is 9.63. The predicted octanol–water partition coefficient (Wildman–Crippen LogP) is 3.08. The van der Waals surface area contributed by atoms with Gasteiger partial charge in [-0.25, -0.2) is 0 Å². The summed E-state index contributed by atoms with van der Waals surface area (Å²) in [4.78, 5) is 14.8. The van der Waals surface area contributed by atoms with Crippen LogP contribution in [-0.2, 0) is 0 Å². The molecule has 1 fully saturated rings. The molecule has 1 aliphatic carbocycles. The fraction of sp³-hybridized carbons (Fsp3) is 0.643. The van der Waals surface area contributed by atoms with E-state index in [0.29, 0.717) is 18.3 Å². The molecule has 1 heterocycles. The maximum Gasteiger partial charge on any atom is 0.267 e. The van der Waals surface area contributed by atoms with Gasteiger partial charge in [-0.2, -0.15) is 0 Å². The van der Waals surface area contributed by atoms with Gasteiger partial charge in [0, 0.05) is 28.9 Å². The summed E-state index contributed by atoms with van der Waals surface area (Å²) >= 11 is 2.19. The number of aromatic amines is 1. The first kappa shape index (κ1) is 17.8. The van der Waals surface area contributed by atoms with Gasteiger partial charge in [-0.15, -0.1) is 12.4 Å². The van der Waals surface area contributed by atoms with Crippen LogP contribution in [0.1, 0.15) is 49.0 Å². The fourth-order valence-electron chi connectivity index (χ4n) is 2.53. The van der Waals surface area contributed by atoms with Crippen molar-refractivity contribution in [2.75, 3.05) is 13.1 Å². The molecule has 0 bridgehead atoms. The van der Waals surface area contributed by atoms with E-state index in [-0.39, 0.29) is 18.3 Å². The van der Waals surface area contributed by atoms with Crippen molar-refractivity contribution in [2.24, 2.45) is 0 Å². The average Bonchev–Trinajstić information content (AvgIpc) is 2.68. The van der Waals surface area contributed by atoms with E-state index in [1.165, 1.54) is 38.5 Å². The van der Waals surface area contributed by atoms with E-state index in [9.17, 15) is 4.79 Å². The van der Waals surface area contributed by atoms with Crippen LogP contribution < -0.4 is 10.6 Å². The largest absolute Gasteiger partial charge is 0.356 e. The summed E-state index contributed by atoms with van der Waals surface area (Å²) in [7, 11) is 0. The standard InChI is InChI=1S/C14H22IN3O.ClH/c15-11-9-13(18-10-11)14(19)17-8-7-16-12-5-3-1-2-4-6-12;/h9-10,12,16,18H,1-8H2,(H,17,19);1H. The van der Waals surface area contributed by atoms with Gasteiger partial charge in [0.05, 0.1) is 0 Å². The van der Waals surface area contributed by atoms with Crippen LogP contribution in [0.3, 0.4) is 0 Å². The zero-order chi connectivity index (χ0) is 13.5. The first-order valence-electron chi connectivity index (χ1n) is 7.11. The summed E-state index contributed by atoms with van der Waals surface area (Å²) in [6.45, 7) is 1.54. The second-order valence-corrected chi connectivity index (χ2v) is 6.38. The van der Waals surface area contributed by atoms with Crippen molar-refractivity contribution in [3.8, 4) is 0 Å². The SMILES string of the molecule is Cl.O=C(NCCNC1CCCCCC1)c1cc(I)c[nH]1. The second-order valence-electron chi connectivity index (χ2n) is 5.13. The van der Waals surface area contributed by atoms with E-state index in [1.54, 1.807) is 0 Å². The molecule has 0 saturated heterocycles. The minimum atomic E-state index is -0.0226. The highest BCUT2D eigenvalue weighted by atomic mass is 127. The molecule has 0 radical (unpaired) electrons. The predicted molar refractivity (Wildman–Crippen MR) is 92.6 cm³/mol. The Bertz CT molecular complexity index is 403. The van der Waals surface area contributed by atoms with E-state index in [1.807, 2.05) is 12.3 Å². The summed E-state index contributed by atoms with van der Waals surface area (Å²) in [6, 6.07) is 2.50. The monoisotopic (exact) mass is 411 g/mol. The van der Waals surface area contributed by atoms with Gasteiger partial charge in [-0.05, 0) is 41.5 Å². The fourth-order valence-corrected chi connectivity index (χ4v) is 3.00. The van der Waals surface area contributed by atoms with Crippen LogP contribution in [0.15, 0.2) is 12.3 Å². The number of hydrogen-bond donors (Lipinski definition) is 3. The molecule has 3 N–H and O–H groups in total. The third kappa shape index (κ3) is 6.01. The maximum absolute atomic E-state index is 11.8. The number of carbonyl (C=O) groups is 1. The number of carbonyl (C=O) groups excluding carboxylic acids is 1. The van der Waals surface area contributed by atoms with E-state index in [0.717, 1.165) is 10.1 Å². The molecule has 6 heteroatoms. The molecule has 1 aromatic heterocycles. The zero-order valence-corrected chi connectivity index (χ0v) is 14.6. The molecule has 114 valence electrons. The highest BCUT2D eigenvalue weighted by molar-refractivity contribution is 14.1. The van der Waals surface area contributed by atoms with Crippen molar-refractivity contribution in [1.82, 2.24) is 15.6 Å². The Kier molecular flexibility index (Phi) is 8.56. The van der Waals surface area contributed by atoms with Crippen molar-refractivity contribution >= 4 is 40.9 Å². The number of nitrogens with one attached hydrogen (secondary N) is 3. The quantitative estimate of drug-likeness (QED) is 0.396. The Hall–Kier alpha value is -0.270. The molecule has 1 saturated carbocycles. The molecule has 20 heavy (non-hydrogen) atoms. The van der Waals surface area contributed by atoms with E-state index in [2.05, 4.69) is 38.2 Å². The molecule has 1 aromatic rings. The minimum absolute atomic E-state index is 0. The molecule has 0 unspecified atom stereocenters. The molecule has 2 rings (SSSR count). The van der Waals surface area contributed by atoms with E-state index < -0.39 is 0 Å². The summed E-state index contributed by atoms with van der Waals surface area (Å²) in [5, 5.41) is 6.48. The topological polar surface area (TPSA) is 56.9 Å². The lowest BCUT2D eigenvalue weighted by atomic mass is 10.1. The molecule has 0 spiro atoms. The van der Waals surface area contributed by atoms with Crippen molar-refractivity contribution < 1.29 is 4.79 Å². The Labute approximate surface area is 140 Å². The lowest BCUT2D eigenvalue weighted by molar-refractivity contribution is 0.0949. The van der Waals surface area contributed by atoms with Gasteiger partial charge < -0.3 is 15.6 Å². The van der Waals surface area contributed by atoms with Gasteiger partial charge in [0.25, 0.3) is 5.91 Å². The molecular formula is C14H23ClIN3O. The summed E-state index contributed by atoms with van der Waals surface area (Å²) in [6.07, 6.45) is 9.82. The highest BCUT2D eigenvalue weighted by Crippen LogP contribution is 2.16. The average molecular weight is 412 g/mol. The van der Waals surface area contributed by atoms with Crippen molar-refractivity contribution in [1.29, 1.82) is 0 Å². The highest BCUT2D eigenvalue weighted by Gasteiger charge is 2.11. The van der Waals surface area contributed by atoms with Gasteiger partial charge >= 0.3 is 0 Å². The number of amides is 1. The first-order chi connectivity index (χ1) is 9.25. The Morgan fingerprint density at radius 3 is 2.55 bits per heavy atom. The number of aromatic nitrogens is 1. The Morgan fingerprint density at radius 2 is 1.95 bits per heavy atom. The Morgan fingerprint density at radius 1 is 1.25 bits per heavy atom. The number of hydrogen-bond acceptors (Lipinski definition) is 2. The summed E-state index contributed by atoms with van der Waals surface area (Å²) in [5.74, 6) is -0.0226. The normalized spacial score (nSPS) is 16.2. The molecule has 0 atom stereocenters. The lowest BCUT2D eigenvalue weighted by Crippen LogP contribution is -2.36. The van der Waals surface area contributed by atoms with Crippen molar-refractivity contribution in [3.63, 3.8) is 0 Å². The van der Waals surface area contributed by atoms with Gasteiger partial charge in [0.15, 0.2) is 0 Å². The summed E-state index contributed by atoms with van der Waals surface area (Å²) < 4.78 is 1.05. The van der Waals surface area contributed by atoms with Crippen LogP contribution in [0.25, 0.3) is 0 Å². The smallest absolute Gasteiger partial charge is 0.267 e. The van der Waals surface area contributed by atoms with Crippen LogP contribution in [-0.4, -0.2) is 30.0 Å². The van der Waals surface area contributed by atoms with Crippen LogP contribution in [0.4, 0.5) is 0 Å². The molecule has 4 nitrogen and oxygen atoms in total. The third-order valence-corrected chi connectivity index (χ3v) is 4.21. The Balaban J connectivity index is 0.00000200. The molecule has 0 aromatic carbocycles. The minimum Gasteiger partial charge on any atom is -0.356 e. The lowest BCUT2D eigenvalue weighted by Gasteiger charge is -2.16. The molecule has 1 aliphatic rings. The first-order valence-corrected chi connectivity index (χ1v) is 8.19. The van der Waals surface area contributed by atoms with Gasteiger partial charge in [0.1, 0.15) is 5.69 Å². The zero-order valence-electron chi connectivity index (χ0n) is 11.6. The number of H-pyrrole nitrogens is 1. The molecule has 0 aliphatic heterocycles.